The monoisotopic (exact) mass is 362 g/mol. The van der Waals surface area contributed by atoms with Crippen LogP contribution in [0.5, 0.6) is 0 Å². The smallest absolute Gasteiger partial charge is 0.232 e. The lowest BCUT2D eigenvalue weighted by Crippen LogP contribution is -2.49. The van der Waals surface area contributed by atoms with Crippen molar-refractivity contribution in [3.05, 3.63) is 53.4 Å². The van der Waals surface area contributed by atoms with E-state index in [1.54, 1.807) is 24.0 Å². The summed E-state index contributed by atoms with van der Waals surface area (Å²) >= 11 is 7.57. The van der Waals surface area contributed by atoms with Crippen LogP contribution in [0.4, 0.5) is 5.82 Å². The standard InChI is InChI=1S/C17H19ClN4OS/c18-15-4-1-5-16(20-15)21-7-9-22(10-8-21)17(23)13-24-12-14-3-2-6-19-11-14/h1-6,11H,7-10,12-13H2. The van der Waals surface area contributed by atoms with E-state index in [0.717, 1.165) is 43.3 Å². The van der Waals surface area contributed by atoms with E-state index in [1.165, 1.54) is 0 Å². The lowest BCUT2D eigenvalue weighted by Gasteiger charge is -2.35. The van der Waals surface area contributed by atoms with Gasteiger partial charge in [0.15, 0.2) is 0 Å². The minimum Gasteiger partial charge on any atom is -0.353 e. The quantitative estimate of drug-likeness (QED) is 0.765. The molecule has 0 radical (unpaired) electrons. The Kier molecular flexibility index (Phi) is 5.93. The van der Waals surface area contributed by atoms with Crippen molar-refractivity contribution >= 4 is 35.1 Å². The summed E-state index contributed by atoms with van der Waals surface area (Å²) in [5.41, 5.74) is 1.15. The van der Waals surface area contributed by atoms with Crippen molar-refractivity contribution in [3.63, 3.8) is 0 Å². The van der Waals surface area contributed by atoms with Crippen molar-refractivity contribution in [2.45, 2.75) is 5.75 Å². The number of halogens is 1. The number of carbonyl (C=O) groups excluding carboxylic acids is 1. The van der Waals surface area contributed by atoms with Crippen LogP contribution in [0, 0.1) is 0 Å². The van der Waals surface area contributed by atoms with Gasteiger partial charge in [-0.25, -0.2) is 4.98 Å². The fraction of sp³-hybridized carbons (Fsp3) is 0.353. The Morgan fingerprint density at radius 3 is 2.71 bits per heavy atom. The van der Waals surface area contributed by atoms with Crippen LogP contribution in [0.2, 0.25) is 5.15 Å². The van der Waals surface area contributed by atoms with Gasteiger partial charge < -0.3 is 9.80 Å². The molecule has 7 heteroatoms. The fourth-order valence-electron chi connectivity index (χ4n) is 2.59. The highest BCUT2D eigenvalue weighted by atomic mass is 35.5. The molecule has 0 aliphatic carbocycles. The fourth-order valence-corrected chi connectivity index (χ4v) is 3.61. The SMILES string of the molecule is O=C(CSCc1cccnc1)N1CCN(c2cccc(Cl)n2)CC1. The van der Waals surface area contributed by atoms with Crippen molar-refractivity contribution < 1.29 is 4.79 Å². The van der Waals surface area contributed by atoms with E-state index in [9.17, 15) is 4.79 Å². The molecule has 2 aromatic heterocycles. The molecule has 5 nitrogen and oxygen atoms in total. The van der Waals surface area contributed by atoms with Gasteiger partial charge in [0.25, 0.3) is 0 Å². The second-order valence-corrected chi connectivity index (χ2v) is 6.91. The van der Waals surface area contributed by atoms with Gasteiger partial charge in [-0.15, -0.1) is 11.8 Å². The molecule has 3 rings (SSSR count). The van der Waals surface area contributed by atoms with Crippen LogP contribution in [-0.4, -0.2) is 52.7 Å². The van der Waals surface area contributed by atoms with Gasteiger partial charge in [0.1, 0.15) is 11.0 Å². The van der Waals surface area contributed by atoms with E-state index in [4.69, 9.17) is 11.6 Å². The third-order valence-corrected chi connectivity index (χ3v) is 5.07. The molecule has 1 amide bonds. The van der Waals surface area contributed by atoms with Crippen molar-refractivity contribution in [1.82, 2.24) is 14.9 Å². The van der Waals surface area contributed by atoms with Crippen LogP contribution in [0.15, 0.2) is 42.7 Å². The van der Waals surface area contributed by atoms with Gasteiger partial charge in [-0.2, -0.15) is 0 Å². The van der Waals surface area contributed by atoms with Crippen LogP contribution in [-0.2, 0) is 10.5 Å². The van der Waals surface area contributed by atoms with Gasteiger partial charge in [-0.1, -0.05) is 23.7 Å². The number of hydrogen-bond acceptors (Lipinski definition) is 5. The highest BCUT2D eigenvalue weighted by molar-refractivity contribution is 7.99. The van der Waals surface area contributed by atoms with E-state index in [2.05, 4.69) is 14.9 Å². The van der Waals surface area contributed by atoms with Gasteiger partial charge in [0.05, 0.1) is 5.75 Å². The van der Waals surface area contributed by atoms with E-state index in [1.807, 2.05) is 35.4 Å². The van der Waals surface area contributed by atoms with Crippen LogP contribution in [0.25, 0.3) is 0 Å². The van der Waals surface area contributed by atoms with Crippen molar-refractivity contribution in [1.29, 1.82) is 0 Å². The molecule has 0 bridgehead atoms. The van der Waals surface area contributed by atoms with E-state index in [-0.39, 0.29) is 5.91 Å². The Balaban J connectivity index is 1.43. The Labute approximate surface area is 151 Å². The van der Waals surface area contributed by atoms with Gasteiger partial charge in [0, 0.05) is 44.3 Å². The normalized spacial score (nSPS) is 14.7. The Morgan fingerprint density at radius 2 is 2.00 bits per heavy atom. The molecular formula is C17H19ClN4OS. The van der Waals surface area contributed by atoms with Gasteiger partial charge in [0.2, 0.25) is 5.91 Å². The maximum absolute atomic E-state index is 12.3. The second kappa shape index (κ2) is 8.35. The molecule has 2 aromatic rings. The average Bonchev–Trinajstić information content (AvgIpc) is 2.63. The highest BCUT2D eigenvalue weighted by Crippen LogP contribution is 2.17. The molecule has 1 aliphatic heterocycles. The summed E-state index contributed by atoms with van der Waals surface area (Å²) in [4.78, 5) is 24.8. The number of hydrogen-bond donors (Lipinski definition) is 0. The largest absolute Gasteiger partial charge is 0.353 e. The number of carbonyl (C=O) groups is 1. The number of piperazine rings is 1. The zero-order valence-electron chi connectivity index (χ0n) is 13.3. The number of pyridine rings is 2. The molecule has 0 saturated carbocycles. The van der Waals surface area contributed by atoms with Crippen LogP contribution in [0.3, 0.4) is 0 Å². The summed E-state index contributed by atoms with van der Waals surface area (Å²) in [6, 6.07) is 9.57. The first-order valence-electron chi connectivity index (χ1n) is 7.84. The van der Waals surface area contributed by atoms with Crippen LogP contribution in [0.1, 0.15) is 5.56 Å². The Hall–Kier alpha value is -1.79. The molecule has 1 aliphatic rings. The first-order valence-corrected chi connectivity index (χ1v) is 9.37. The first-order chi connectivity index (χ1) is 11.7. The molecule has 0 aromatic carbocycles. The minimum absolute atomic E-state index is 0.197. The maximum Gasteiger partial charge on any atom is 0.232 e. The lowest BCUT2D eigenvalue weighted by molar-refractivity contribution is -0.128. The molecule has 0 unspecified atom stereocenters. The van der Waals surface area contributed by atoms with Crippen LogP contribution >= 0.6 is 23.4 Å². The van der Waals surface area contributed by atoms with Gasteiger partial charge >= 0.3 is 0 Å². The molecule has 0 N–H and O–H groups in total. The average molecular weight is 363 g/mol. The summed E-state index contributed by atoms with van der Waals surface area (Å²) in [5.74, 6) is 2.39. The molecule has 0 spiro atoms. The zero-order chi connectivity index (χ0) is 16.8. The van der Waals surface area contributed by atoms with Crippen molar-refractivity contribution in [2.24, 2.45) is 0 Å². The second-order valence-electron chi connectivity index (χ2n) is 5.54. The number of nitrogens with zero attached hydrogens (tertiary/aromatic N) is 4. The number of rotatable bonds is 5. The predicted octanol–water partition coefficient (Wildman–Crippen LogP) is 2.71. The van der Waals surface area contributed by atoms with Gasteiger partial charge in [-0.3, -0.25) is 9.78 Å². The van der Waals surface area contributed by atoms with Crippen molar-refractivity contribution in [3.8, 4) is 0 Å². The molecule has 126 valence electrons. The van der Waals surface area contributed by atoms with Gasteiger partial charge in [-0.05, 0) is 23.8 Å². The molecule has 1 saturated heterocycles. The van der Waals surface area contributed by atoms with Crippen LogP contribution < -0.4 is 4.90 Å². The summed E-state index contributed by atoms with van der Waals surface area (Å²) in [7, 11) is 0. The number of aromatic nitrogens is 2. The molecule has 3 heterocycles. The maximum atomic E-state index is 12.3. The van der Waals surface area contributed by atoms with Crippen molar-refractivity contribution in [2.75, 3.05) is 36.8 Å². The molecule has 24 heavy (non-hydrogen) atoms. The van der Waals surface area contributed by atoms with E-state index < -0.39 is 0 Å². The zero-order valence-corrected chi connectivity index (χ0v) is 14.8. The third-order valence-electron chi connectivity index (χ3n) is 3.87. The van der Waals surface area contributed by atoms with E-state index in [0.29, 0.717) is 10.9 Å². The van der Waals surface area contributed by atoms with E-state index >= 15 is 0 Å². The summed E-state index contributed by atoms with van der Waals surface area (Å²) in [6.07, 6.45) is 3.60. The first kappa shape index (κ1) is 17.0. The number of thioether (sulfide) groups is 1. The molecule has 0 atom stereocenters. The minimum atomic E-state index is 0.197. The summed E-state index contributed by atoms with van der Waals surface area (Å²) in [6.45, 7) is 3.01. The summed E-state index contributed by atoms with van der Waals surface area (Å²) in [5, 5.41) is 0.498. The summed E-state index contributed by atoms with van der Waals surface area (Å²) < 4.78 is 0. The topological polar surface area (TPSA) is 49.3 Å². The Bertz CT molecular complexity index is 677. The number of anilines is 1. The Morgan fingerprint density at radius 1 is 1.17 bits per heavy atom. The molecular weight excluding hydrogens is 344 g/mol. The lowest BCUT2D eigenvalue weighted by atomic mass is 10.3. The predicted molar refractivity (Wildman–Crippen MR) is 98.4 cm³/mol. The third kappa shape index (κ3) is 4.61. The highest BCUT2D eigenvalue weighted by Gasteiger charge is 2.21. The molecule has 1 fully saturated rings. The number of amides is 1.